The SMILES string of the molecule is CCCc1cnc(N2CCC(CCOc3nc4ccc(-c5ccnc(F)c5)nc4s3)CC2)nc1. The lowest BCUT2D eigenvalue weighted by atomic mass is 9.94. The molecule has 1 fully saturated rings. The van der Waals surface area contributed by atoms with E-state index < -0.39 is 5.95 Å². The summed E-state index contributed by atoms with van der Waals surface area (Å²) < 4.78 is 19.4. The van der Waals surface area contributed by atoms with Crippen molar-refractivity contribution in [2.75, 3.05) is 24.6 Å². The molecule has 0 N–H and O–H groups in total. The van der Waals surface area contributed by atoms with E-state index in [-0.39, 0.29) is 0 Å². The van der Waals surface area contributed by atoms with Crippen molar-refractivity contribution >= 4 is 27.6 Å². The summed E-state index contributed by atoms with van der Waals surface area (Å²) >= 11 is 1.42. The molecule has 1 saturated heterocycles. The quantitative estimate of drug-likeness (QED) is 0.317. The van der Waals surface area contributed by atoms with Gasteiger partial charge in [-0.1, -0.05) is 24.7 Å². The van der Waals surface area contributed by atoms with Crippen molar-refractivity contribution in [3.63, 3.8) is 0 Å². The number of nitrogens with zero attached hydrogens (tertiary/aromatic N) is 6. The number of fused-ring (bicyclic) bond motifs is 1. The fraction of sp³-hybridized carbons (Fsp3) is 0.400. The van der Waals surface area contributed by atoms with Crippen LogP contribution in [0.1, 0.15) is 38.2 Å². The lowest BCUT2D eigenvalue weighted by Crippen LogP contribution is -2.35. The van der Waals surface area contributed by atoms with Crippen molar-refractivity contribution in [3.8, 4) is 16.5 Å². The van der Waals surface area contributed by atoms with Gasteiger partial charge in [0.05, 0.1) is 12.3 Å². The Balaban J connectivity index is 1.12. The Labute approximate surface area is 202 Å². The van der Waals surface area contributed by atoms with Crippen molar-refractivity contribution in [3.05, 3.63) is 54.4 Å². The van der Waals surface area contributed by atoms with E-state index in [9.17, 15) is 4.39 Å². The van der Waals surface area contributed by atoms with E-state index in [2.05, 4.69) is 36.7 Å². The van der Waals surface area contributed by atoms with Crippen molar-refractivity contribution in [2.45, 2.75) is 39.0 Å². The Hall–Kier alpha value is -3.20. The van der Waals surface area contributed by atoms with E-state index in [0.29, 0.717) is 29.0 Å². The molecule has 0 spiro atoms. The Morgan fingerprint density at radius 2 is 1.91 bits per heavy atom. The van der Waals surface area contributed by atoms with Gasteiger partial charge in [-0.15, -0.1) is 0 Å². The van der Waals surface area contributed by atoms with Crippen molar-refractivity contribution in [2.24, 2.45) is 5.92 Å². The van der Waals surface area contributed by atoms with Crippen LogP contribution in [-0.2, 0) is 6.42 Å². The van der Waals surface area contributed by atoms with Crippen LogP contribution in [0, 0.1) is 11.9 Å². The standard InChI is InChI=1S/C25H27FN6OS/c1-2-3-18-15-28-24(29-16-18)32-11-7-17(8-12-32)9-13-33-25-31-21-5-4-20(30-23(21)34-25)19-6-10-27-22(26)14-19/h4-6,10,14-17H,2-3,7-9,11-13H2,1H3. The summed E-state index contributed by atoms with van der Waals surface area (Å²) in [6.45, 7) is 4.75. The molecule has 34 heavy (non-hydrogen) atoms. The van der Waals surface area contributed by atoms with E-state index >= 15 is 0 Å². The topological polar surface area (TPSA) is 76.9 Å². The minimum atomic E-state index is -0.518. The summed E-state index contributed by atoms with van der Waals surface area (Å²) in [5.74, 6) is 0.942. The molecule has 0 aliphatic carbocycles. The Morgan fingerprint density at radius 3 is 2.68 bits per heavy atom. The van der Waals surface area contributed by atoms with Crippen LogP contribution in [0.4, 0.5) is 10.3 Å². The van der Waals surface area contributed by atoms with Crippen LogP contribution in [0.25, 0.3) is 21.6 Å². The number of aromatic nitrogens is 5. The second kappa shape index (κ2) is 10.4. The van der Waals surface area contributed by atoms with Gasteiger partial charge in [0.25, 0.3) is 5.19 Å². The molecule has 0 aromatic carbocycles. The third-order valence-corrected chi connectivity index (χ3v) is 7.02. The zero-order valence-corrected chi connectivity index (χ0v) is 20.0. The first-order valence-electron chi connectivity index (χ1n) is 11.8. The molecule has 4 aromatic heterocycles. The molecule has 0 bridgehead atoms. The molecule has 1 aliphatic rings. The molecule has 0 amide bonds. The second-order valence-corrected chi connectivity index (χ2v) is 9.52. The van der Waals surface area contributed by atoms with Crippen molar-refractivity contribution in [1.29, 1.82) is 0 Å². The van der Waals surface area contributed by atoms with E-state index in [1.165, 1.54) is 29.2 Å². The molecule has 1 aliphatic heterocycles. The highest BCUT2D eigenvalue weighted by atomic mass is 32.1. The minimum absolute atomic E-state index is 0.518. The van der Waals surface area contributed by atoms with E-state index in [0.717, 1.165) is 61.5 Å². The Morgan fingerprint density at radius 1 is 1.09 bits per heavy atom. The van der Waals surface area contributed by atoms with Crippen LogP contribution >= 0.6 is 11.3 Å². The largest absolute Gasteiger partial charge is 0.470 e. The third kappa shape index (κ3) is 5.30. The number of rotatable bonds is 8. The third-order valence-electron chi connectivity index (χ3n) is 6.14. The molecule has 5 rings (SSSR count). The molecule has 0 unspecified atom stereocenters. The normalized spacial score (nSPS) is 14.6. The van der Waals surface area contributed by atoms with E-state index in [1.807, 2.05) is 24.5 Å². The first-order chi connectivity index (χ1) is 16.7. The van der Waals surface area contributed by atoms with Gasteiger partial charge in [-0.05, 0) is 55.4 Å². The zero-order chi connectivity index (χ0) is 23.3. The fourth-order valence-electron chi connectivity index (χ4n) is 4.25. The summed E-state index contributed by atoms with van der Waals surface area (Å²) in [5, 5.41) is 0.624. The van der Waals surface area contributed by atoms with Crippen LogP contribution in [-0.4, -0.2) is 44.6 Å². The zero-order valence-electron chi connectivity index (χ0n) is 19.2. The highest BCUT2D eigenvalue weighted by Crippen LogP contribution is 2.30. The lowest BCUT2D eigenvalue weighted by Gasteiger charge is -2.31. The van der Waals surface area contributed by atoms with Crippen molar-refractivity contribution < 1.29 is 9.13 Å². The van der Waals surface area contributed by atoms with Gasteiger partial charge in [0, 0.05) is 43.3 Å². The molecule has 4 aromatic rings. The first-order valence-corrected chi connectivity index (χ1v) is 12.6. The molecular weight excluding hydrogens is 451 g/mol. The maximum absolute atomic E-state index is 13.4. The van der Waals surface area contributed by atoms with Gasteiger partial charge in [-0.2, -0.15) is 4.39 Å². The molecule has 176 valence electrons. The Kier molecular flexibility index (Phi) is 6.89. The first kappa shape index (κ1) is 22.6. The van der Waals surface area contributed by atoms with E-state index in [4.69, 9.17) is 4.74 Å². The summed E-state index contributed by atoms with van der Waals surface area (Å²) in [7, 11) is 0. The van der Waals surface area contributed by atoms with Gasteiger partial charge in [-0.3, -0.25) is 0 Å². The number of ether oxygens (including phenoxy) is 1. The number of anilines is 1. The number of hydrogen-bond acceptors (Lipinski definition) is 8. The summed E-state index contributed by atoms with van der Waals surface area (Å²) in [6, 6.07) is 6.86. The van der Waals surface area contributed by atoms with E-state index in [1.54, 1.807) is 6.07 Å². The maximum atomic E-state index is 13.4. The minimum Gasteiger partial charge on any atom is -0.470 e. The average Bonchev–Trinajstić information content (AvgIpc) is 3.27. The second-order valence-electron chi connectivity index (χ2n) is 8.58. The van der Waals surface area contributed by atoms with Gasteiger partial charge in [0.2, 0.25) is 11.9 Å². The van der Waals surface area contributed by atoms with Gasteiger partial charge in [0.15, 0.2) is 0 Å². The molecule has 5 heterocycles. The monoisotopic (exact) mass is 478 g/mol. The van der Waals surface area contributed by atoms with Gasteiger partial charge in [-0.25, -0.2) is 24.9 Å². The number of aryl methyl sites for hydroxylation is 1. The summed E-state index contributed by atoms with van der Waals surface area (Å²) in [4.78, 5) is 24.9. The molecule has 0 atom stereocenters. The highest BCUT2D eigenvalue weighted by molar-refractivity contribution is 7.19. The average molecular weight is 479 g/mol. The van der Waals surface area contributed by atoms with Crippen LogP contribution < -0.4 is 9.64 Å². The summed E-state index contributed by atoms with van der Waals surface area (Å²) in [6.07, 6.45) is 10.7. The number of hydrogen-bond donors (Lipinski definition) is 0. The van der Waals surface area contributed by atoms with Crippen LogP contribution in [0.2, 0.25) is 0 Å². The van der Waals surface area contributed by atoms with Gasteiger partial charge < -0.3 is 9.64 Å². The maximum Gasteiger partial charge on any atom is 0.275 e. The lowest BCUT2D eigenvalue weighted by molar-refractivity contribution is 0.257. The summed E-state index contributed by atoms with van der Waals surface area (Å²) in [5.41, 5.74) is 3.38. The van der Waals surface area contributed by atoms with Crippen LogP contribution in [0.3, 0.4) is 0 Å². The van der Waals surface area contributed by atoms with Gasteiger partial charge in [0.1, 0.15) is 10.3 Å². The number of thiazole rings is 1. The molecule has 7 nitrogen and oxygen atoms in total. The number of halogens is 1. The van der Waals surface area contributed by atoms with Crippen LogP contribution in [0.15, 0.2) is 42.9 Å². The number of pyridine rings is 2. The molecular formula is C25H27FN6OS. The Bertz CT molecular complexity index is 1240. The molecule has 0 saturated carbocycles. The molecule has 0 radical (unpaired) electrons. The number of piperidine rings is 1. The smallest absolute Gasteiger partial charge is 0.275 e. The van der Waals surface area contributed by atoms with Gasteiger partial charge >= 0.3 is 0 Å². The predicted octanol–water partition coefficient (Wildman–Crippen LogP) is 5.32. The molecule has 9 heteroatoms. The fourth-order valence-corrected chi connectivity index (χ4v) is 5.06. The highest BCUT2D eigenvalue weighted by Gasteiger charge is 2.21. The van der Waals surface area contributed by atoms with Crippen LogP contribution in [0.5, 0.6) is 5.19 Å². The predicted molar refractivity (Wildman–Crippen MR) is 132 cm³/mol. The van der Waals surface area contributed by atoms with Crippen molar-refractivity contribution in [1.82, 2.24) is 24.9 Å².